The summed E-state index contributed by atoms with van der Waals surface area (Å²) in [6, 6.07) is 0. The van der Waals surface area contributed by atoms with Crippen LogP contribution in [0, 0.1) is 11.8 Å². The Hall–Kier alpha value is -0.300. The Bertz CT molecular complexity index is 141. The molecule has 2 rings (SSSR count). The summed E-state index contributed by atoms with van der Waals surface area (Å²) in [6.07, 6.45) is 5.47. The van der Waals surface area contributed by atoms with E-state index in [4.69, 9.17) is 0 Å². The first kappa shape index (κ1) is 5.48. The molecule has 2 fully saturated rings. The van der Waals surface area contributed by atoms with Gasteiger partial charge in [-0.3, -0.25) is 0 Å². The van der Waals surface area contributed by atoms with Gasteiger partial charge in [-0.15, -0.1) is 6.58 Å². The summed E-state index contributed by atoms with van der Waals surface area (Å²) < 4.78 is 0. The molecule has 1 nitrogen and oxygen atoms in total. The molecule has 1 unspecified atom stereocenters. The third-order valence-electron chi connectivity index (χ3n) is 2.92. The van der Waals surface area contributed by atoms with Gasteiger partial charge in [0.15, 0.2) is 0 Å². The molecule has 0 bridgehead atoms. The normalized spacial score (nSPS) is 54.8. The second-order valence-corrected chi connectivity index (χ2v) is 3.24. The molecule has 1 heteroatoms. The van der Waals surface area contributed by atoms with Crippen LogP contribution in [0.3, 0.4) is 0 Å². The summed E-state index contributed by atoms with van der Waals surface area (Å²) in [4.78, 5) is 0. The second-order valence-electron chi connectivity index (χ2n) is 3.24. The van der Waals surface area contributed by atoms with Gasteiger partial charge >= 0.3 is 0 Å². The van der Waals surface area contributed by atoms with Crippen LogP contribution in [0.15, 0.2) is 12.7 Å². The highest BCUT2D eigenvalue weighted by Crippen LogP contribution is 2.61. The molecular weight excluding hydrogens is 112 g/mol. The van der Waals surface area contributed by atoms with Gasteiger partial charge in [-0.05, 0) is 24.7 Å². The van der Waals surface area contributed by atoms with Crippen LogP contribution in [0.4, 0.5) is 0 Å². The van der Waals surface area contributed by atoms with E-state index in [0.29, 0.717) is 11.8 Å². The van der Waals surface area contributed by atoms with Crippen molar-refractivity contribution in [2.75, 3.05) is 0 Å². The lowest BCUT2D eigenvalue weighted by atomic mass is 10.1. The number of fused-ring (bicyclic) bond motifs is 1. The van der Waals surface area contributed by atoms with Crippen molar-refractivity contribution in [3.8, 4) is 0 Å². The van der Waals surface area contributed by atoms with Gasteiger partial charge in [0.2, 0.25) is 0 Å². The van der Waals surface area contributed by atoms with E-state index >= 15 is 0 Å². The largest absolute Gasteiger partial charge is 0.385 e. The highest BCUT2D eigenvalue weighted by molar-refractivity contribution is 5.23. The lowest BCUT2D eigenvalue weighted by Crippen LogP contribution is -2.10. The molecule has 0 aromatic rings. The van der Waals surface area contributed by atoms with Crippen LogP contribution in [0.1, 0.15) is 19.3 Å². The monoisotopic (exact) mass is 124 g/mol. The summed E-state index contributed by atoms with van der Waals surface area (Å²) in [5, 5.41) is 9.60. The van der Waals surface area contributed by atoms with Gasteiger partial charge in [0.25, 0.3) is 0 Å². The van der Waals surface area contributed by atoms with Gasteiger partial charge in [0, 0.05) is 0 Å². The van der Waals surface area contributed by atoms with E-state index in [2.05, 4.69) is 6.58 Å². The van der Waals surface area contributed by atoms with Crippen molar-refractivity contribution < 1.29 is 5.11 Å². The van der Waals surface area contributed by atoms with E-state index in [1.807, 2.05) is 0 Å². The van der Waals surface area contributed by atoms with Crippen LogP contribution in [0.25, 0.3) is 0 Å². The van der Waals surface area contributed by atoms with Crippen molar-refractivity contribution in [1.29, 1.82) is 0 Å². The number of hydrogen-bond acceptors (Lipinski definition) is 1. The van der Waals surface area contributed by atoms with Gasteiger partial charge in [-0.1, -0.05) is 12.5 Å². The van der Waals surface area contributed by atoms with Gasteiger partial charge in [0.1, 0.15) is 0 Å². The van der Waals surface area contributed by atoms with Crippen LogP contribution < -0.4 is 0 Å². The van der Waals surface area contributed by atoms with Gasteiger partial charge in [0.05, 0.1) is 5.60 Å². The highest BCUT2D eigenvalue weighted by Gasteiger charge is 2.63. The molecular formula is C8H12O. The molecule has 1 N–H and O–H groups in total. The van der Waals surface area contributed by atoms with Crippen molar-refractivity contribution >= 4 is 0 Å². The Morgan fingerprint density at radius 1 is 1.44 bits per heavy atom. The zero-order valence-electron chi connectivity index (χ0n) is 5.51. The summed E-state index contributed by atoms with van der Waals surface area (Å²) >= 11 is 0. The van der Waals surface area contributed by atoms with E-state index in [-0.39, 0.29) is 0 Å². The summed E-state index contributed by atoms with van der Waals surface area (Å²) in [6.45, 7) is 3.63. The minimum Gasteiger partial charge on any atom is -0.385 e. The minimum atomic E-state index is -0.432. The molecule has 0 aromatic heterocycles. The maximum absolute atomic E-state index is 9.60. The first-order chi connectivity index (χ1) is 4.29. The molecule has 0 heterocycles. The molecule has 2 aliphatic rings. The Morgan fingerprint density at radius 2 is 2.00 bits per heavy atom. The lowest BCUT2D eigenvalue weighted by Gasteiger charge is -2.05. The van der Waals surface area contributed by atoms with Crippen molar-refractivity contribution in [3.05, 3.63) is 12.7 Å². The highest BCUT2D eigenvalue weighted by atomic mass is 16.3. The predicted molar refractivity (Wildman–Crippen MR) is 36.0 cm³/mol. The Labute approximate surface area is 55.4 Å². The smallest absolute Gasteiger partial charge is 0.0888 e. The zero-order chi connectivity index (χ0) is 6.48. The quantitative estimate of drug-likeness (QED) is 0.523. The molecule has 0 radical (unpaired) electrons. The summed E-state index contributed by atoms with van der Waals surface area (Å²) in [5.74, 6) is 1.16. The van der Waals surface area contributed by atoms with Crippen LogP contribution in [-0.4, -0.2) is 10.7 Å². The van der Waals surface area contributed by atoms with E-state index < -0.39 is 5.60 Å². The van der Waals surface area contributed by atoms with E-state index in [1.165, 1.54) is 19.3 Å². The van der Waals surface area contributed by atoms with E-state index in [0.717, 1.165) is 0 Å². The maximum atomic E-state index is 9.60. The maximum Gasteiger partial charge on any atom is 0.0888 e. The van der Waals surface area contributed by atoms with Crippen molar-refractivity contribution in [2.24, 2.45) is 11.8 Å². The van der Waals surface area contributed by atoms with Crippen LogP contribution in [0.5, 0.6) is 0 Å². The topological polar surface area (TPSA) is 20.2 Å². The van der Waals surface area contributed by atoms with Crippen molar-refractivity contribution in [1.82, 2.24) is 0 Å². The average molecular weight is 124 g/mol. The van der Waals surface area contributed by atoms with E-state index in [1.54, 1.807) is 6.08 Å². The zero-order valence-corrected chi connectivity index (χ0v) is 5.51. The summed E-state index contributed by atoms with van der Waals surface area (Å²) in [7, 11) is 0. The third kappa shape index (κ3) is 0.485. The molecule has 2 saturated carbocycles. The van der Waals surface area contributed by atoms with E-state index in [9.17, 15) is 5.11 Å². The number of hydrogen-bond donors (Lipinski definition) is 1. The average Bonchev–Trinajstić information content (AvgIpc) is 2.39. The molecule has 0 aromatic carbocycles. The van der Waals surface area contributed by atoms with Crippen LogP contribution in [0.2, 0.25) is 0 Å². The fourth-order valence-electron chi connectivity index (χ4n) is 2.27. The fraction of sp³-hybridized carbons (Fsp3) is 0.750. The number of aliphatic hydroxyl groups is 1. The first-order valence-corrected chi connectivity index (χ1v) is 3.65. The lowest BCUT2D eigenvalue weighted by molar-refractivity contribution is 0.157. The third-order valence-corrected chi connectivity index (χ3v) is 2.92. The Kier molecular flexibility index (Phi) is 0.854. The summed E-state index contributed by atoms with van der Waals surface area (Å²) in [5.41, 5.74) is -0.432. The standard InChI is InChI=1S/C8H12O/c1-2-8(9)6-4-3-5-7(6)8/h2,6-7,9H,1,3-5H2/t6-,7+,8?. The van der Waals surface area contributed by atoms with Gasteiger partial charge in [-0.2, -0.15) is 0 Å². The Morgan fingerprint density at radius 3 is 2.33 bits per heavy atom. The fourth-order valence-corrected chi connectivity index (χ4v) is 2.27. The van der Waals surface area contributed by atoms with Gasteiger partial charge in [-0.25, -0.2) is 0 Å². The minimum absolute atomic E-state index is 0.432. The van der Waals surface area contributed by atoms with Crippen molar-refractivity contribution in [2.45, 2.75) is 24.9 Å². The SMILES string of the molecule is C=CC1(O)[C@@H]2CCC[C@@H]21. The van der Waals surface area contributed by atoms with Crippen LogP contribution in [-0.2, 0) is 0 Å². The molecule has 9 heavy (non-hydrogen) atoms. The number of rotatable bonds is 1. The second kappa shape index (κ2) is 1.40. The molecule has 3 atom stereocenters. The van der Waals surface area contributed by atoms with Crippen molar-refractivity contribution in [3.63, 3.8) is 0 Å². The molecule has 0 amide bonds. The molecule has 2 aliphatic carbocycles. The molecule has 50 valence electrons. The predicted octanol–water partition coefficient (Wildman–Crippen LogP) is 1.33. The first-order valence-electron chi connectivity index (χ1n) is 3.65. The van der Waals surface area contributed by atoms with Gasteiger partial charge < -0.3 is 5.11 Å². The molecule has 0 spiro atoms. The van der Waals surface area contributed by atoms with Crippen LogP contribution >= 0.6 is 0 Å². The molecule has 0 aliphatic heterocycles. The Balaban J connectivity index is 2.15. The molecule has 0 saturated heterocycles.